The Balaban J connectivity index is 0.000000220. The summed E-state index contributed by atoms with van der Waals surface area (Å²) in [4.78, 5) is 0. The van der Waals surface area contributed by atoms with Gasteiger partial charge in [-0.2, -0.15) is 52.7 Å². The first kappa shape index (κ1) is 19.1. The van der Waals surface area contributed by atoms with E-state index in [1.54, 1.807) is 0 Å². The number of alkyl halides is 14. The van der Waals surface area contributed by atoms with Gasteiger partial charge < -0.3 is 0 Å². The van der Waals surface area contributed by atoms with E-state index in [4.69, 9.17) is 0 Å². The summed E-state index contributed by atoms with van der Waals surface area (Å²) in [5.41, 5.74) is 0. The monoisotopic (exact) mass is 364 g/mol. The minimum atomic E-state index is -5.56. The van der Waals surface area contributed by atoms with Crippen LogP contribution in [0, 0.1) is 0 Å². The van der Waals surface area contributed by atoms with E-state index in [1.165, 1.54) is 0 Å². The standard InChI is InChI=1S/2C4HF7/c2*5-1-2(6,7)4(10,11)3(1,8)9/h2*1H. The van der Waals surface area contributed by atoms with E-state index in [1.807, 2.05) is 0 Å². The summed E-state index contributed by atoms with van der Waals surface area (Å²) < 4.78 is 162. The molecule has 0 saturated heterocycles. The molecular weight excluding hydrogens is 362 g/mol. The van der Waals surface area contributed by atoms with E-state index in [9.17, 15) is 61.5 Å². The van der Waals surface area contributed by atoms with Crippen LogP contribution >= 0.6 is 0 Å². The molecule has 0 aromatic rings. The summed E-state index contributed by atoms with van der Waals surface area (Å²) >= 11 is 0. The average molecular weight is 364 g/mol. The Morgan fingerprint density at radius 2 is 0.500 bits per heavy atom. The molecule has 14 heteroatoms. The number of rotatable bonds is 0. The third kappa shape index (κ3) is 1.77. The molecule has 0 N–H and O–H groups in total. The van der Waals surface area contributed by atoms with Gasteiger partial charge in [-0.25, -0.2) is 8.78 Å². The molecule has 0 unspecified atom stereocenters. The van der Waals surface area contributed by atoms with E-state index >= 15 is 0 Å². The van der Waals surface area contributed by atoms with Gasteiger partial charge in [0.15, 0.2) is 0 Å². The van der Waals surface area contributed by atoms with Gasteiger partial charge in [0.25, 0.3) is 0 Å². The van der Waals surface area contributed by atoms with Crippen LogP contribution in [0.15, 0.2) is 0 Å². The first-order valence-electron chi connectivity index (χ1n) is 4.86. The van der Waals surface area contributed by atoms with Crippen molar-refractivity contribution in [2.45, 2.75) is 47.9 Å². The molecule has 0 nitrogen and oxygen atoms in total. The number of halogens is 14. The lowest BCUT2D eigenvalue weighted by Crippen LogP contribution is -2.76. The fraction of sp³-hybridized carbons (Fsp3) is 1.00. The van der Waals surface area contributed by atoms with Crippen molar-refractivity contribution < 1.29 is 61.5 Å². The van der Waals surface area contributed by atoms with E-state index in [-0.39, 0.29) is 0 Å². The van der Waals surface area contributed by atoms with Crippen LogP contribution in [0.25, 0.3) is 0 Å². The van der Waals surface area contributed by atoms with Crippen molar-refractivity contribution >= 4 is 0 Å². The third-order valence-corrected chi connectivity index (χ3v) is 2.95. The van der Waals surface area contributed by atoms with Crippen LogP contribution in [0.1, 0.15) is 0 Å². The van der Waals surface area contributed by atoms with Crippen LogP contribution in [-0.4, -0.2) is 47.9 Å². The Hall–Kier alpha value is -0.980. The van der Waals surface area contributed by atoms with Crippen LogP contribution in [0.4, 0.5) is 61.5 Å². The number of hydrogen-bond donors (Lipinski definition) is 0. The van der Waals surface area contributed by atoms with Crippen molar-refractivity contribution in [2.75, 3.05) is 0 Å². The lowest BCUT2D eigenvalue weighted by molar-refractivity contribution is -0.432. The van der Waals surface area contributed by atoms with Crippen molar-refractivity contribution in [3.05, 3.63) is 0 Å². The first-order valence-corrected chi connectivity index (χ1v) is 4.86. The van der Waals surface area contributed by atoms with E-state index in [0.717, 1.165) is 0 Å². The van der Waals surface area contributed by atoms with Crippen molar-refractivity contribution in [1.82, 2.24) is 0 Å². The molecule has 2 rings (SSSR count). The lowest BCUT2D eigenvalue weighted by atomic mass is 9.82. The van der Waals surface area contributed by atoms with Gasteiger partial charge >= 0.3 is 35.5 Å². The molecule has 0 aromatic heterocycles. The van der Waals surface area contributed by atoms with E-state index < -0.39 is 47.9 Å². The van der Waals surface area contributed by atoms with Crippen molar-refractivity contribution in [3.63, 3.8) is 0 Å². The summed E-state index contributed by atoms with van der Waals surface area (Å²) in [7, 11) is 0. The Labute approximate surface area is 111 Å². The zero-order chi connectivity index (χ0) is 18.2. The van der Waals surface area contributed by atoms with Gasteiger partial charge in [-0.3, -0.25) is 0 Å². The largest absolute Gasteiger partial charge is 0.378 e. The molecule has 0 bridgehead atoms. The second kappa shape index (κ2) is 4.30. The van der Waals surface area contributed by atoms with Crippen LogP contribution in [0.3, 0.4) is 0 Å². The Morgan fingerprint density at radius 1 is 0.364 bits per heavy atom. The summed E-state index contributed by atoms with van der Waals surface area (Å²) in [6.45, 7) is 0. The fourth-order valence-electron chi connectivity index (χ4n) is 1.38. The smallest absolute Gasteiger partial charge is 0.234 e. The van der Waals surface area contributed by atoms with Gasteiger partial charge in [0.05, 0.1) is 0 Å². The molecule has 2 aliphatic rings. The molecule has 2 saturated carbocycles. The fourth-order valence-corrected chi connectivity index (χ4v) is 1.38. The van der Waals surface area contributed by atoms with Crippen LogP contribution in [0.2, 0.25) is 0 Å². The maximum absolute atomic E-state index is 11.6. The van der Waals surface area contributed by atoms with Crippen LogP contribution < -0.4 is 0 Å². The quantitative estimate of drug-likeness (QED) is 0.556. The molecule has 0 heterocycles. The highest BCUT2D eigenvalue weighted by Gasteiger charge is 2.92. The van der Waals surface area contributed by atoms with Crippen LogP contribution in [-0.2, 0) is 0 Å². The highest BCUT2D eigenvalue weighted by molar-refractivity contribution is 5.18. The second-order valence-corrected chi connectivity index (χ2v) is 4.37. The predicted molar refractivity (Wildman–Crippen MR) is 39.5 cm³/mol. The van der Waals surface area contributed by atoms with Gasteiger partial charge in [0, 0.05) is 0 Å². The highest BCUT2D eigenvalue weighted by Crippen LogP contribution is 2.62. The molecule has 0 atom stereocenters. The molecule has 2 aliphatic carbocycles. The van der Waals surface area contributed by atoms with Gasteiger partial charge in [0.2, 0.25) is 12.3 Å². The third-order valence-electron chi connectivity index (χ3n) is 2.95. The predicted octanol–water partition coefficient (Wildman–Crippen LogP) is 4.49. The topological polar surface area (TPSA) is 0 Å². The van der Waals surface area contributed by atoms with Crippen molar-refractivity contribution in [2.24, 2.45) is 0 Å². The molecule has 2 fully saturated rings. The van der Waals surface area contributed by atoms with Gasteiger partial charge in [0.1, 0.15) is 0 Å². The van der Waals surface area contributed by atoms with Gasteiger partial charge in [-0.1, -0.05) is 0 Å². The Morgan fingerprint density at radius 3 is 0.545 bits per heavy atom. The van der Waals surface area contributed by atoms with Gasteiger partial charge in [-0.05, 0) is 0 Å². The Bertz CT molecular complexity index is 372. The zero-order valence-corrected chi connectivity index (χ0v) is 9.45. The molecule has 0 spiro atoms. The number of hydrogen-bond acceptors (Lipinski definition) is 0. The maximum Gasteiger partial charge on any atom is 0.378 e. The minimum Gasteiger partial charge on any atom is -0.234 e. The normalized spacial score (nSPS) is 33.0. The van der Waals surface area contributed by atoms with Gasteiger partial charge in [-0.15, -0.1) is 0 Å². The summed E-state index contributed by atoms with van der Waals surface area (Å²) in [6, 6.07) is 0. The second-order valence-electron chi connectivity index (χ2n) is 4.37. The molecule has 132 valence electrons. The Kier molecular flexibility index (Phi) is 3.73. The minimum absolute atomic E-state index is 4.08. The SMILES string of the molecule is FC1C(F)(F)C(F)(F)C1(F)F.FC1C(F)(F)C(F)(F)C1(F)F. The summed E-state index contributed by atoms with van der Waals surface area (Å²) in [5, 5.41) is 0. The molecule has 0 amide bonds. The maximum atomic E-state index is 11.6. The molecule has 0 aromatic carbocycles. The molecule has 0 aliphatic heterocycles. The summed E-state index contributed by atoms with van der Waals surface area (Å²) in [6.07, 6.45) is -8.16. The molecular formula is C8H2F14. The van der Waals surface area contributed by atoms with Crippen molar-refractivity contribution in [3.8, 4) is 0 Å². The molecule has 0 radical (unpaired) electrons. The van der Waals surface area contributed by atoms with Crippen molar-refractivity contribution in [1.29, 1.82) is 0 Å². The van der Waals surface area contributed by atoms with E-state index in [2.05, 4.69) is 0 Å². The molecule has 22 heavy (non-hydrogen) atoms. The van der Waals surface area contributed by atoms with E-state index in [0.29, 0.717) is 0 Å². The summed E-state index contributed by atoms with van der Waals surface area (Å²) in [5.74, 6) is -32.1. The average Bonchev–Trinajstić information content (AvgIpc) is 2.35. The highest BCUT2D eigenvalue weighted by atomic mass is 19.4. The lowest BCUT2D eigenvalue weighted by Gasteiger charge is -2.45. The first-order chi connectivity index (χ1) is 9.31. The zero-order valence-electron chi connectivity index (χ0n) is 9.45. The van der Waals surface area contributed by atoms with Crippen LogP contribution in [0.5, 0.6) is 0 Å².